The van der Waals surface area contributed by atoms with E-state index in [9.17, 15) is 24.0 Å². The molecule has 1 aromatic carbocycles. The molecule has 0 bridgehead atoms. The second-order valence-corrected chi connectivity index (χ2v) is 11.0. The molecule has 40 heavy (non-hydrogen) atoms. The Labute approximate surface area is 236 Å². The maximum absolute atomic E-state index is 13.5. The fourth-order valence-corrected chi connectivity index (χ4v) is 5.02. The predicted octanol–water partition coefficient (Wildman–Crippen LogP) is 0.477. The third-order valence-corrected chi connectivity index (χ3v) is 7.50. The van der Waals surface area contributed by atoms with Gasteiger partial charge in [-0.2, -0.15) is 0 Å². The predicted molar refractivity (Wildman–Crippen MR) is 149 cm³/mol. The Morgan fingerprint density at radius 1 is 1.02 bits per heavy atom. The van der Waals surface area contributed by atoms with Crippen molar-refractivity contribution in [2.24, 2.45) is 11.8 Å². The first-order valence-corrected chi connectivity index (χ1v) is 14.1. The Hall–Kier alpha value is -3.47. The minimum absolute atomic E-state index is 0.128. The highest BCUT2D eigenvalue weighted by molar-refractivity contribution is 5.94. The summed E-state index contributed by atoms with van der Waals surface area (Å²) in [7, 11) is 1.49. The summed E-state index contributed by atoms with van der Waals surface area (Å²) in [4.78, 5) is 69.1. The zero-order valence-corrected chi connectivity index (χ0v) is 24.0. The number of rotatable bonds is 4. The molecule has 0 aromatic heterocycles. The lowest BCUT2D eigenvalue weighted by Gasteiger charge is -2.35. The van der Waals surface area contributed by atoms with Crippen molar-refractivity contribution < 1.29 is 28.7 Å². The third kappa shape index (κ3) is 8.51. The van der Waals surface area contributed by atoms with E-state index >= 15 is 0 Å². The van der Waals surface area contributed by atoms with Crippen molar-refractivity contribution in [1.82, 2.24) is 25.8 Å². The highest BCUT2D eigenvalue weighted by Crippen LogP contribution is 2.20. The lowest BCUT2D eigenvalue weighted by atomic mass is 9.97. The number of hydrogen-bond acceptors (Lipinski definition) is 6. The van der Waals surface area contributed by atoms with Crippen LogP contribution in [-0.4, -0.2) is 97.4 Å². The minimum Gasteiger partial charge on any atom is -0.381 e. The van der Waals surface area contributed by atoms with Gasteiger partial charge in [0.1, 0.15) is 18.1 Å². The van der Waals surface area contributed by atoms with Gasteiger partial charge in [0.05, 0.1) is 6.54 Å². The summed E-state index contributed by atoms with van der Waals surface area (Å²) < 4.78 is 5.41. The summed E-state index contributed by atoms with van der Waals surface area (Å²) in [6.07, 6.45) is 1.87. The van der Waals surface area contributed by atoms with E-state index in [1.54, 1.807) is 11.8 Å². The summed E-state index contributed by atoms with van der Waals surface area (Å²) in [5, 5.41) is 8.47. The summed E-state index contributed by atoms with van der Waals surface area (Å²) >= 11 is 0. The topological polar surface area (TPSA) is 137 Å². The number of carbonyl (C=O) groups is 5. The molecule has 0 radical (unpaired) electrons. The molecule has 2 saturated heterocycles. The van der Waals surface area contributed by atoms with Crippen LogP contribution in [0.4, 0.5) is 0 Å². The summed E-state index contributed by atoms with van der Waals surface area (Å²) in [6.45, 7) is 6.50. The lowest BCUT2D eigenvalue weighted by Crippen LogP contribution is -2.58. The highest BCUT2D eigenvalue weighted by atomic mass is 16.5. The van der Waals surface area contributed by atoms with Crippen LogP contribution in [0.15, 0.2) is 30.3 Å². The van der Waals surface area contributed by atoms with Crippen LogP contribution in [0.25, 0.3) is 0 Å². The summed E-state index contributed by atoms with van der Waals surface area (Å²) in [6, 6.07) is 6.81. The number of benzene rings is 1. The summed E-state index contributed by atoms with van der Waals surface area (Å²) in [5.74, 6) is -2.33. The highest BCUT2D eigenvalue weighted by Gasteiger charge is 2.35. The quantitative estimate of drug-likeness (QED) is 0.493. The molecule has 11 heteroatoms. The van der Waals surface area contributed by atoms with E-state index in [1.807, 2.05) is 44.2 Å². The largest absolute Gasteiger partial charge is 0.381 e. The molecule has 2 heterocycles. The minimum atomic E-state index is -0.885. The SMILES string of the molecule is CC(C)[C@@H]1NC(=O)[C@@H](C)N(C(=O)C2CCOCC2)CCCNC(=O)[C@H](Cc2ccccc2)NC(=O)CN(C)C1=O. The van der Waals surface area contributed by atoms with Crippen LogP contribution >= 0.6 is 0 Å². The van der Waals surface area contributed by atoms with Gasteiger partial charge in [0, 0.05) is 45.7 Å². The van der Waals surface area contributed by atoms with Crippen molar-refractivity contribution in [2.45, 2.75) is 64.6 Å². The first-order chi connectivity index (χ1) is 19.1. The first-order valence-electron chi connectivity index (χ1n) is 14.1. The van der Waals surface area contributed by atoms with Crippen molar-refractivity contribution in [2.75, 3.05) is 39.9 Å². The van der Waals surface area contributed by atoms with Crippen LogP contribution in [0.5, 0.6) is 0 Å². The van der Waals surface area contributed by atoms with E-state index in [2.05, 4.69) is 16.0 Å². The van der Waals surface area contributed by atoms with Gasteiger partial charge in [-0.3, -0.25) is 24.0 Å². The normalized spacial score (nSPS) is 24.9. The van der Waals surface area contributed by atoms with Gasteiger partial charge in [-0.1, -0.05) is 44.2 Å². The van der Waals surface area contributed by atoms with Gasteiger partial charge >= 0.3 is 0 Å². The molecule has 2 aliphatic rings. The van der Waals surface area contributed by atoms with Gasteiger partial charge in [-0.25, -0.2) is 0 Å². The van der Waals surface area contributed by atoms with Crippen molar-refractivity contribution in [3.05, 3.63) is 35.9 Å². The lowest BCUT2D eigenvalue weighted by molar-refractivity contribution is -0.147. The van der Waals surface area contributed by atoms with Gasteiger partial charge in [0.15, 0.2) is 0 Å². The molecular weight excluding hydrogens is 514 g/mol. The molecule has 2 fully saturated rings. The Kier molecular flexibility index (Phi) is 11.5. The molecule has 0 saturated carbocycles. The Morgan fingerprint density at radius 3 is 2.35 bits per heavy atom. The molecule has 0 unspecified atom stereocenters. The number of carbonyl (C=O) groups excluding carboxylic acids is 5. The van der Waals surface area contributed by atoms with E-state index in [4.69, 9.17) is 4.74 Å². The fourth-order valence-electron chi connectivity index (χ4n) is 5.02. The zero-order chi connectivity index (χ0) is 29.2. The first kappa shape index (κ1) is 31.1. The van der Waals surface area contributed by atoms with Crippen LogP contribution in [-0.2, 0) is 35.1 Å². The van der Waals surface area contributed by atoms with E-state index in [0.717, 1.165) is 5.56 Å². The second-order valence-electron chi connectivity index (χ2n) is 11.0. The van der Waals surface area contributed by atoms with Gasteiger partial charge in [-0.15, -0.1) is 0 Å². The van der Waals surface area contributed by atoms with Gasteiger partial charge in [0.2, 0.25) is 29.5 Å². The van der Waals surface area contributed by atoms with Crippen molar-refractivity contribution in [3.63, 3.8) is 0 Å². The Morgan fingerprint density at radius 2 is 1.70 bits per heavy atom. The molecule has 0 spiro atoms. The molecular formula is C29H43N5O6. The molecule has 5 amide bonds. The van der Waals surface area contributed by atoms with Crippen LogP contribution in [0.2, 0.25) is 0 Å². The number of nitrogens with one attached hydrogen (secondary N) is 3. The number of hydrogen-bond donors (Lipinski definition) is 3. The zero-order valence-electron chi connectivity index (χ0n) is 24.0. The average molecular weight is 558 g/mol. The van der Waals surface area contributed by atoms with E-state index in [1.165, 1.54) is 11.9 Å². The number of nitrogens with zero attached hydrogens (tertiary/aromatic N) is 2. The number of ether oxygens (including phenoxy) is 1. The monoisotopic (exact) mass is 557 g/mol. The Bertz CT molecular complexity index is 1040. The third-order valence-electron chi connectivity index (χ3n) is 7.50. The summed E-state index contributed by atoms with van der Waals surface area (Å²) in [5.41, 5.74) is 0.881. The van der Waals surface area contributed by atoms with Gasteiger partial charge < -0.3 is 30.5 Å². The van der Waals surface area contributed by atoms with Crippen molar-refractivity contribution >= 4 is 29.5 Å². The van der Waals surface area contributed by atoms with E-state index in [0.29, 0.717) is 32.5 Å². The molecule has 0 aliphatic carbocycles. The molecule has 1 aromatic rings. The molecule has 3 N–H and O–H groups in total. The average Bonchev–Trinajstić information content (AvgIpc) is 2.94. The number of amides is 5. The maximum Gasteiger partial charge on any atom is 0.245 e. The molecule has 3 rings (SSSR count). The van der Waals surface area contributed by atoms with Crippen LogP contribution in [0, 0.1) is 11.8 Å². The van der Waals surface area contributed by atoms with Crippen molar-refractivity contribution in [1.29, 1.82) is 0 Å². The van der Waals surface area contributed by atoms with Gasteiger partial charge in [0.25, 0.3) is 0 Å². The van der Waals surface area contributed by atoms with Gasteiger partial charge in [-0.05, 0) is 37.7 Å². The fraction of sp³-hybridized carbons (Fsp3) is 0.621. The van der Waals surface area contributed by atoms with Crippen LogP contribution in [0.3, 0.4) is 0 Å². The molecule has 11 nitrogen and oxygen atoms in total. The van der Waals surface area contributed by atoms with Crippen LogP contribution < -0.4 is 16.0 Å². The molecule has 2 aliphatic heterocycles. The van der Waals surface area contributed by atoms with E-state index < -0.39 is 35.8 Å². The Balaban J connectivity index is 1.86. The number of likely N-dealkylation sites (N-methyl/N-ethyl adjacent to an activating group) is 1. The molecule has 3 atom stereocenters. The maximum atomic E-state index is 13.5. The van der Waals surface area contributed by atoms with Crippen molar-refractivity contribution in [3.8, 4) is 0 Å². The standard InChI is InChI=1S/C29H43N5O6/c1-19(2)25-29(39)33(4)18-24(35)31-23(17-21-9-6-5-7-10-21)27(37)30-13-8-14-34(20(3)26(36)32-25)28(38)22-11-15-40-16-12-22/h5-7,9-10,19-20,22-23,25H,8,11-18H2,1-4H3,(H,30,37)(H,31,35)(H,32,36)/t20-,23+,25+/m1/s1. The smallest absolute Gasteiger partial charge is 0.245 e. The molecule has 220 valence electrons. The second kappa shape index (κ2) is 14.8. The van der Waals surface area contributed by atoms with Crippen LogP contribution in [0.1, 0.15) is 45.6 Å². The van der Waals surface area contributed by atoms with E-state index in [-0.39, 0.29) is 49.7 Å².